The Morgan fingerprint density at radius 2 is 1.82 bits per heavy atom. The lowest BCUT2D eigenvalue weighted by molar-refractivity contribution is -0.107. The summed E-state index contributed by atoms with van der Waals surface area (Å²) < 4.78 is 5.63. The lowest BCUT2D eigenvalue weighted by Crippen LogP contribution is -1.97. The molecule has 0 amide bonds. The smallest absolute Gasteiger partial charge is 0.119 e. The molecule has 0 atom stereocenters. The van der Waals surface area contributed by atoms with Crippen molar-refractivity contribution in [2.24, 2.45) is 0 Å². The first kappa shape index (κ1) is 13.8. The number of rotatable bonds is 8. The van der Waals surface area contributed by atoms with Gasteiger partial charge in [0.25, 0.3) is 0 Å². The number of unbranched alkanes of at least 4 members (excludes halogenated alkanes) is 3. The summed E-state index contributed by atoms with van der Waals surface area (Å²) in [5.41, 5.74) is 1.34. The van der Waals surface area contributed by atoms with Crippen LogP contribution in [-0.4, -0.2) is 12.9 Å². The summed E-state index contributed by atoms with van der Waals surface area (Å²) in [4.78, 5) is 10.1. The fourth-order valence-electron chi connectivity index (χ4n) is 1.65. The number of hydrogen-bond acceptors (Lipinski definition) is 2. The Balaban J connectivity index is 2.21. The third-order valence-electron chi connectivity index (χ3n) is 2.78. The van der Waals surface area contributed by atoms with Crippen LogP contribution in [0.2, 0.25) is 0 Å². The Hall–Kier alpha value is -1.31. The van der Waals surface area contributed by atoms with Gasteiger partial charge in [-0.1, -0.05) is 26.0 Å². The third-order valence-corrected chi connectivity index (χ3v) is 2.78. The van der Waals surface area contributed by atoms with Gasteiger partial charge < -0.3 is 9.53 Å². The molecule has 1 aromatic carbocycles. The van der Waals surface area contributed by atoms with E-state index in [1.165, 1.54) is 5.56 Å². The fraction of sp³-hybridized carbons (Fsp3) is 0.533. The van der Waals surface area contributed by atoms with E-state index in [0.717, 1.165) is 37.9 Å². The molecule has 0 aromatic heterocycles. The Morgan fingerprint density at radius 3 is 2.41 bits per heavy atom. The zero-order chi connectivity index (χ0) is 12.5. The molecule has 0 aliphatic carbocycles. The minimum atomic E-state index is 0.562. The van der Waals surface area contributed by atoms with Crippen molar-refractivity contribution >= 4 is 6.29 Å². The number of carbonyl (C=O) groups is 1. The van der Waals surface area contributed by atoms with Gasteiger partial charge in [0.2, 0.25) is 0 Å². The first-order chi connectivity index (χ1) is 8.24. The minimum absolute atomic E-state index is 0.562. The van der Waals surface area contributed by atoms with Crippen LogP contribution in [0.5, 0.6) is 5.75 Å². The van der Waals surface area contributed by atoms with Crippen molar-refractivity contribution in [3.8, 4) is 5.75 Å². The molecule has 0 fully saturated rings. The predicted octanol–water partition coefficient (Wildman–Crippen LogP) is 3.95. The molecule has 1 aromatic rings. The third kappa shape index (κ3) is 5.53. The number of hydrogen-bond donors (Lipinski definition) is 0. The van der Waals surface area contributed by atoms with E-state index in [-0.39, 0.29) is 0 Å². The van der Waals surface area contributed by atoms with Crippen molar-refractivity contribution in [3.05, 3.63) is 29.8 Å². The largest absolute Gasteiger partial charge is 0.494 e. The molecule has 0 bridgehead atoms. The van der Waals surface area contributed by atoms with Crippen LogP contribution in [-0.2, 0) is 4.79 Å². The first-order valence-corrected chi connectivity index (χ1v) is 6.40. The Kier molecular flexibility index (Phi) is 6.38. The zero-order valence-electron chi connectivity index (χ0n) is 10.8. The second-order valence-corrected chi connectivity index (χ2v) is 4.59. The summed E-state index contributed by atoms with van der Waals surface area (Å²) in [5.74, 6) is 1.50. The lowest BCUT2D eigenvalue weighted by atomic mass is 10.0. The van der Waals surface area contributed by atoms with Gasteiger partial charge in [0, 0.05) is 6.42 Å². The summed E-state index contributed by atoms with van der Waals surface area (Å²) in [6.45, 7) is 5.10. The van der Waals surface area contributed by atoms with Crippen LogP contribution < -0.4 is 4.74 Å². The molecule has 0 spiro atoms. The van der Waals surface area contributed by atoms with Gasteiger partial charge in [0.1, 0.15) is 12.0 Å². The van der Waals surface area contributed by atoms with Crippen molar-refractivity contribution in [2.75, 3.05) is 6.61 Å². The Morgan fingerprint density at radius 1 is 1.12 bits per heavy atom. The van der Waals surface area contributed by atoms with E-state index in [1.807, 2.05) is 12.1 Å². The highest BCUT2D eigenvalue weighted by atomic mass is 16.5. The van der Waals surface area contributed by atoms with E-state index >= 15 is 0 Å². The molecule has 2 heteroatoms. The molecule has 2 nitrogen and oxygen atoms in total. The average Bonchev–Trinajstić information content (AvgIpc) is 2.34. The normalized spacial score (nSPS) is 10.5. The Labute approximate surface area is 104 Å². The van der Waals surface area contributed by atoms with Gasteiger partial charge in [0.05, 0.1) is 6.61 Å². The van der Waals surface area contributed by atoms with E-state index in [4.69, 9.17) is 4.74 Å². The van der Waals surface area contributed by atoms with Crippen LogP contribution in [0.25, 0.3) is 0 Å². The summed E-state index contributed by atoms with van der Waals surface area (Å²) in [6, 6.07) is 8.29. The van der Waals surface area contributed by atoms with Gasteiger partial charge in [0.15, 0.2) is 0 Å². The SMILES string of the molecule is CC(C)c1ccc(OCCCCCC=O)cc1. The maximum Gasteiger partial charge on any atom is 0.119 e. The fourth-order valence-corrected chi connectivity index (χ4v) is 1.65. The highest BCUT2D eigenvalue weighted by molar-refractivity contribution is 5.48. The quantitative estimate of drug-likeness (QED) is 0.503. The van der Waals surface area contributed by atoms with Gasteiger partial charge in [-0.25, -0.2) is 0 Å². The molecule has 0 aliphatic rings. The van der Waals surface area contributed by atoms with Gasteiger partial charge in [-0.15, -0.1) is 0 Å². The number of ether oxygens (including phenoxy) is 1. The zero-order valence-corrected chi connectivity index (χ0v) is 10.8. The first-order valence-electron chi connectivity index (χ1n) is 6.40. The summed E-state index contributed by atoms with van der Waals surface area (Å²) >= 11 is 0. The van der Waals surface area contributed by atoms with Gasteiger partial charge in [-0.3, -0.25) is 0 Å². The maximum absolute atomic E-state index is 10.1. The van der Waals surface area contributed by atoms with E-state index < -0.39 is 0 Å². The summed E-state index contributed by atoms with van der Waals surface area (Å²) in [7, 11) is 0. The van der Waals surface area contributed by atoms with Gasteiger partial charge in [-0.05, 0) is 42.9 Å². The van der Waals surface area contributed by atoms with Crippen molar-refractivity contribution in [3.63, 3.8) is 0 Å². The summed E-state index contributed by atoms with van der Waals surface area (Å²) in [5, 5.41) is 0. The molecule has 17 heavy (non-hydrogen) atoms. The minimum Gasteiger partial charge on any atom is -0.494 e. The van der Waals surface area contributed by atoms with E-state index in [2.05, 4.69) is 26.0 Å². The second kappa shape index (κ2) is 7.88. The molecule has 0 N–H and O–H groups in total. The van der Waals surface area contributed by atoms with Crippen molar-refractivity contribution in [1.29, 1.82) is 0 Å². The number of benzene rings is 1. The van der Waals surface area contributed by atoms with Crippen LogP contribution in [0.4, 0.5) is 0 Å². The molecular formula is C15H22O2. The highest BCUT2D eigenvalue weighted by Crippen LogP contribution is 2.18. The molecule has 0 radical (unpaired) electrons. The predicted molar refractivity (Wildman–Crippen MR) is 70.6 cm³/mol. The molecule has 1 rings (SSSR count). The van der Waals surface area contributed by atoms with Crippen molar-refractivity contribution in [1.82, 2.24) is 0 Å². The maximum atomic E-state index is 10.1. The molecule has 0 saturated heterocycles. The van der Waals surface area contributed by atoms with Crippen LogP contribution in [0.3, 0.4) is 0 Å². The highest BCUT2D eigenvalue weighted by Gasteiger charge is 1.99. The number of carbonyl (C=O) groups excluding carboxylic acids is 1. The molecule has 94 valence electrons. The van der Waals surface area contributed by atoms with E-state index in [9.17, 15) is 4.79 Å². The molecule has 0 unspecified atom stereocenters. The van der Waals surface area contributed by atoms with Gasteiger partial charge in [-0.2, -0.15) is 0 Å². The standard InChI is InChI=1S/C15H22O2/c1-13(2)14-7-9-15(10-8-14)17-12-6-4-3-5-11-16/h7-11,13H,3-6,12H2,1-2H3. The van der Waals surface area contributed by atoms with Crippen LogP contribution in [0, 0.1) is 0 Å². The topological polar surface area (TPSA) is 26.3 Å². The van der Waals surface area contributed by atoms with Crippen LogP contribution in [0.1, 0.15) is 51.0 Å². The van der Waals surface area contributed by atoms with E-state index in [0.29, 0.717) is 12.3 Å². The van der Waals surface area contributed by atoms with E-state index in [1.54, 1.807) is 0 Å². The Bertz CT molecular complexity index is 314. The average molecular weight is 234 g/mol. The monoisotopic (exact) mass is 234 g/mol. The van der Waals surface area contributed by atoms with Crippen LogP contribution >= 0.6 is 0 Å². The molecular weight excluding hydrogens is 212 g/mol. The number of aldehydes is 1. The second-order valence-electron chi connectivity index (χ2n) is 4.59. The lowest BCUT2D eigenvalue weighted by Gasteiger charge is -2.08. The summed E-state index contributed by atoms with van der Waals surface area (Å²) in [6.07, 6.45) is 4.69. The van der Waals surface area contributed by atoms with Crippen LogP contribution in [0.15, 0.2) is 24.3 Å². The molecule has 0 aliphatic heterocycles. The van der Waals surface area contributed by atoms with Crippen molar-refractivity contribution in [2.45, 2.75) is 45.4 Å². The molecule has 0 saturated carbocycles. The van der Waals surface area contributed by atoms with Crippen molar-refractivity contribution < 1.29 is 9.53 Å². The van der Waals surface area contributed by atoms with Gasteiger partial charge >= 0.3 is 0 Å². The molecule has 0 heterocycles.